The molecule has 4 aromatic rings. The molecule has 0 aliphatic carbocycles. The molecule has 1 amide bonds. The SMILES string of the molecule is Cc1cc(C)cc(NC(=O)c2cc(-c3ccccc3)nc3c(C)cc(Br)cc23)c1. The molecule has 29 heavy (non-hydrogen) atoms. The van der Waals surface area contributed by atoms with Gasteiger partial charge in [-0.2, -0.15) is 0 Å². The van der Waals surface area contributed by atoms with Crippen LogP contribution in [0.1, 0.15) is 27.0 Å². The smallest absolute Gasteiger partial charge is 0.256 e. The van der Waals surface area contributed by atoms with E-state index < -0.39 is 0 Å². The number of amides is 1. The zero-order valence-electron chi connectivity index (χ0n) is 16.6. The molecule has 0 radical (unpaired) electrons. The van der Waals surface area contributed by atoms with E-state index in [2.05, 4.69) is 27.3 Å². The standard InChI is InChI=1S/C25H21BrN2O/c1-15-9-16(2)11-20(10-15)27-25(29)22-14-23(18-7-5-4-6-8-18)28-24-17(3)12-19(26)13-21(22)24/h4-14H,1-3H3,(H,27,29). The number of pyridine rings is 1. The number of carbonyl (C=O) groups excluding carboxylic acids is 1. The van der Waals surface area contributed by atoms with E-state index in [9.17, 15) is 4.79 Å². The fourth-order valence-electron chi connectivity index (χ4n) is 3.65. The number of fused-ring (bicyclic) bond motifs is 1. The van der Waals surface area contributed by atoms with Crippen LogP contribution in [0.5, 0.6) is 0 Å². The molecule has 4 rings (SSSR count). The third-order valence-corrected chi connectivity index (χ3v) is 5.32. The van der Waals surface area contributed by atoms with Crippen LogP contribution in [0.2, 0.25) is 0 Å². The number of rotatable bonds is 3. The highest BCUT2D eigenvalue weighted by atomic mass is 79.9. The molecular formula is C25H21BrN2O. The van der Waals surface area contributed by atoms with Crippen molar-refractivity contribution in [2.75, 3.05) is 5.32 Å². The lowest BCUT2D eigenvalue weighted by Crippen LogP contribution is -2.13. The lowest BCUT2D eigenvalue weighted by atomic mass is 10.0. The van der Waals surface area contributed by atoms with Gasteiger partial charge in [0.05, 0.1) is 16.8 Å². The van der Waals surface area contributed by atoms with Crippen molar-refractivity contribution in [3.8, 4) is 11.3 Å². The topological polar surface area (TPSA) is 42.0 Å². The Bertz CT molecular complexity index is 1210. The number of hydrogen-bond donors (Lipinski definition) is 1. The Morgan fingerprint density at radius 2 is 1.59 bits per heavy atom. The van der Waals surface area contributed by atoms with Crippen molar-refractivity contribution in [2.24, 2.45) is 0 Å². The number of halogens is 1. The Kier molecular flexibility index (Phi) is 5.20. The van der Waals surface area contributed by atoms with Gasteiger partial charge in [0, 0.05) is 21.1 Å². The van der Waals surface area contributed by atoms with Gasteiger partial charge in [-0.3, -0.25) is 4.79 Å². The number of nitrogens with one attached hydrogen (secondary N) is 1. The average molecular weight is 445 g/mol. The largest absolute Gasteiger partial charge is 0.322 e. The number of hydrogen-bond acceptors (Lipinski definition) is 2. The summed E-state index contributed by atoms with van der Waals surface area (Å²) in [5, 5.41) is 3.90. The fraction of sp³-hybridized carbons (Fsp3) is 0.120. The molecule has 0 fully saturated rings. The molecule has 4 heteroatoms. The molecule has 0 aliphatic rings. The minimum atomic E-state index is -0.142. The van der Waals surface area contributed by atoms with Crippen LogP contribution in [0, 0.1) is 20.8 Å². The Hall–Kier alpha value is -2.98. The summed E-state index contributed by atoms with van der Waals surface area (Å²) in [4.78, 5) is 18.2. The number of anilines is 1. The second-order valence-corrected chi connectivity index (χ2v) is 8.29. The van der Waals surface area contributed by atoms with Crippen molar-refractivity contribution in [2.45, 2.75) is 20.8 Å². The maximum atomic E-state index is 13.3. The lowest BCUT2D eigenvalue weighted by molar-refractivity contribution is 0.102. The number of aryl methyl sites for hydroxylation is 3. The molecule has 3 aromatic carbocycles. The first-order valence-electron chi connectivity index (χ1n) is 9.47. The number of carbonyl (C=O) groups is 1. The number of nitrogens with zero attached hydrogens (tertiary/aromatic N) is 1. The van der Waals surface area contributed by atoms with Gasteiger partial charge < -0.3 is 5.32 Å². The summed E-state index contributed by atoms with van der Waals surface area (Å²) in [6.45, 7) is 6.07. The van der Waals surface area contributed by atoms with Crippen LogP contribution in [0.25, 0.3) is 22.2 Å². The third kappa shape index (κ3) is 4.08. The lowest BCUT2D eigenvalue weighted by Gasteiger charge is -2.13. The molecule has 0 saturated carbocycles. The highest BCUT2D eigenvalue weighted by Gasteiger charge is 2.16. The summed E-state index contributed by atoms with van der Waals surface area (Å²) in [5.74, 6) is -0.142. The zero-order chi connectivity index (χ0) is 20.5. The summed E-state index contributed by atoms with van der Waals surface area (Å²) in [5.41, 5.74) is 7.26. The first-order valence-corrected chi connectivity index (χ1v) is 10.3. The van der Waals surface area contributed by atoms with Crippen LogP contribution in [0.3, 0.4) is 0 Å². The van der Waals surface area contributed by atoms with Crippen LogP contribution in [0.4, 0.5) is 5.69 Å². The van der Waals surface area contributed by atoms with Crippen molar-refractivity contribution in [1.29, 1.82) is 0 Å². The van der Waals surface area contributed by atoms with Crippen LogP contribution in [-0.4, -0.2) is 10.9 Å². The summed E-state index contributed by atoms with van der Waals surface area (Å²) >= 11 is 3.56. The third-order valence-electron chi connectivity index (χ3n) is 4.86. The second-order valence-electron chi connectivity index (χ2n) is 7.37. The van der Waals surface area contributed by atoms with Crippen LogP contribution in [0.15, 0.2) is 71.2 Å². The molecule has 0 atom stereocenters. The van der Waals surface area contributed by atoms with Crippen molar-refractivity contribution in [3.63, 3.8) is 0 Å². The van der Waals surface area contributed by atoms with Crippen LogP contribution < -0.4 is 5.32 Å². The Morgan fingerprint density at radius 3 is 2.28 bits per heavy atom. The average Bonchev–Trinajstić information content (AvgIpc) is 2.67. The molecule has 0 unspecified atom stereocenters. The maximum Gasteiger partial charge on any atom is 0.256 e. The molecule has 1 heterocycles. The van der Waals surface area contributed by atoms with Gasteiger partial charge in [-0.05, 0) is 67.8 Å². The highest BCUT2D eigenvalue weighted by molar-refractivity contribution is 9.10. The van der Waals surface area contributed by atoms with E-state index in [1.807, 2.05) is 81.4 Å². The van der Waals surface area contributed by atoms with Gasteiger partial charge >= 0.3 is 0 Å². The summed E-state index contributed by atoms with van der Waals surface area (Å²) in [7, 11) is 0. The number of aromatic nitrogens is 1. The molecule has 1 aromatic heterocycles. The van der Waals surface area contributed by atoms with E-state index in [1.165, 1.54) is 0 Å². The monoisotopic (exact) mass is 444 g/mol. The predicted octanol–water partition coefficient (Wildman–Crippen LogP) is 6.84. The van der Waals surface area contributed by atoms with Gasteiger partial charge in [-0.1, -0.05) is 52.3 Å². The van der Waals surface area contributed by atoms with Gasteiger partial charge in [0.15, 0.2) is 0 Å². The van der Waals surface area contributed by atoms with Crippen molar-refractivity contribution < 1.29 is 4.79 Å². The van der Waals surface area contributed by atoms with Crippen molar-refractivity contribution >= 4 is 38.4 Å². The minimum absolute atomic E-state index is 0.142. The molecular weight excluding hydrogens is 424 g/mol. The summed E-state index contributed by atoms with van der Waals surface area (Å²) in [6, 6.07) is 21.8. The first-order chi connectivity index (χ1) is 13.9. The minimum Gasteiger partial charge on any atom is -0.322 e. The van der Waals surface area contributed by atoms with E-state index in [0.29, 0.717) is 5.56 Å². The van der Waals surface area contributed by atoms with Crippen molar-refractivity contribution in [3.05, 3.63) is 93.5 Å². The predicted molar refractivity (Wildman–Crippen MR) is 123 cm³/mol. The van der Waals surface area contributed by atoms with E-state index in [-0.39, 0.29) is 5.91 Å². The Morgan fingerprint density at radius 1 is 0.897 bits per heavy atom. The first kappa shape index (κ1) is 19.3. The highest BCUT2D eigenvalue weighted by Crippen LogP contribution is 2.30. The Labute approximate surface area is 178 Å². The maximum absolute atomic E-state index is 13.3. The van der Waals surface area contributed by atoms with Crippen LogP contribution in [-0.2, 0) is 0 Å². The normalized spacial score (nSPS) is 10.9. The van der Waals surface area contributed by atoms with Crippen LogP contribution >= 0.6 is 15.9 Å². The Balaban J connectivity index is 1.88. The van der Waals surface area contributed by atoms with Gasteiger partial charge in [-0.15, -0.1) is 0 Å². The van der Waals surface area contributed by atoms with E-state index in [0.717, 1.165) is 49.0 Å². The molecule has 0 bridgehead atoms. The molecule has 0 spiro atoms. The molecule has 1 N–H and O–H groups in total. The zero-order valence-corrected chi connectivity index (χ0v) is 18.2. The van der Waals surface area contributed by atoms with E-state index in [4.69, 9.17) is 4.98 Å². The van der Waals surface area contributed by atoms with E-state index >= 15 is 0 Å². The van der Waals surface area contributed by atoms with Gasteiger partial charge in [-0.25, -0.2) is 4.98 Å². The van der Waals surface area contributed by atoms with E-state index in [1.54, 1.807) is 0 Å². The second kappa shape index (κ2) is 7.80. The summed E-state index contributed by atoms with van der Waals surface area (Å²) < 4.78 is 0.928. The van der Waals surface area contributed by atoms with Gasteiger partial charge in [0.1, 0.15) is 0 Å². The molecule has 144 valence electrons. The van der Waals surface area contributed by atoms with Crippen molar-refractivity contribution in [1.82, 2.24) is 4.98 Å². The van der Waals surface area contributed by atoms with Gasteiger partial charge in [0.2, 0.25) is 0 Å². The molecule has 3 nitrogen and oxygen atoms in total. The fourth-order valence-corrected chi connectivity index (χ4v) is 4.22. The molecule has 0 saturated heterocycles. The quantitative estimate of drug-likeness (QED) is 0.375. The molecule has 0 aliphatic heterocycles. The number of benzene rings is 3. The van der Waals surface area contributed by atoms with Gasteiger partial charge in [0.25, 0.3) is 5.91 Å². The summed E-state index contributed by atoms with van der Waals surface area (Å²) in [6.07, 6.45) is 0.